The van der Waals surface area contributed by atoms with Crippen LogP contribution in [-0.2, 0) is 15.4 Å². The number of ether oxygens (including phenoxy) is 1. The second-order valence-electron chi connectivity index (χ2n) is 6.33. The third kappa shape index (κ3) is 3.32. The van der Waals surface area contributed by atoms with Crippen LogP contribution >= 0.6 is 0 Å². The number of benzene rings is 2. The van der Waals surface area contributed by atoms with E-state index in [2.05, 4.69) is 16.9 Å². The van der Waals surface area contributed by atoms with Gasteiger partial charge in [-0.05, 0) is 30.5 Å². The maximum absolute atomic E-state index is 12.8. The zero-order valence-electron chi connectivity index (χ0n) is 13.9. The summed E-state index contributed by atoms with van der Waals surface area (Å²) in [5.41, 5.74) is 1.10. The lowest BCUT2D eigenvalue weighted by Gasteiger charge is -2.30. The molecule has 0 atom stereocenters. The topological polar surface area (TPSA) is 55.4 Å². The van der Waals surface area contributed by atoms with E-state index in [1.165, 1.54) is 12.7 Å². The number of para-hydroxylation sites is 1. The molecule has 1 saturated carbocycles. The molecular formula is C19H23NO3S. The van der Waals surface area contributed by atoms with Gasteiger partial charge in [-0.3, -0.25) is 0 Å². The minimum absolute atomic E-state index is 0.115. The van der Waals surface area contributed by atoms with Crippen LogP contribution in [0.1, 0.15) is 31.2 Å². The highest BCUT2D eigenvalue weighted by atomic mass is 32.2. The average molecular weight is 345 g/mol. The van der Waals surface area contributed by atoms with Crippen LogP contribution < -0.4 is 9.46 Å². The molecule has 0 aromatic heterocycles. The number of nitrogens with one attached hydrogen (secondary N) is 1. The van der Waals surface area contributed by atoms with E-state index in [4.69, 9.17) is 4.74 Å². The summed E-state index contributed by atoms with van der Waals surface area (Å²) >= 11 is 0. The molecule has 0 amide bonds. The molecule has 0 unspecified atom stereocenters. The van der Waals surface area contributed by atoms with E-state index >= 15 is 0 Å². The van der Waals surface area contributed by atoms with Crippen LogP contribution in [0.2, 0.25) is 0 Å². The molecule has 0 spiro atoms. The van der Waals surface area contributed by atoms with Gasteiger partial charge in [0, 0.05) is 12.0 Å². The summed E-state index contributed by atoms with van der Waals surface area (Å²) in [7, 11) is -2.13. The van der Waals surface area contributed by atoms with Crippen molar-refractivity contribution >= 4 is 10.0 Å². The first-order valence-electron chi connectivity index (χ1n) is 8.26. The number of rotatable bonds is 6. The zero-order chi connectivity index (χ0) is 17.0. The predicted molar refractivity (Wildman–Crippen MR) is 94.8 cm³/mol. The van der Waals surface area contributed by atoms with Gasteiger partial charge >= 0.3 is 0 Å². The van der Waals surface area contributed by atoms with E-state index in [-0.39, 0.29) is 10.3 Å². The van der Waals surface area contributed by atoms with E-state index in [9.17, 15) is 8.42 Å². The second kappa shape index (κ2) is 6.95. The molecule has 2 aromatic rings. The first kappa shape index (κ1) is 17.0. The highest BCUT2D eigenvalue weighted by Crippen LogP contribution is 2.40. The first-order chi connectivity index (χ1) is 11.6. The fraction of sp³-hybridized carbons (Fsp3) is 0.368. The summed E-state index contributed by atoms with van der Waals surface area (Å²) in [6, 6.07) is 16.9. The van der Waals surface area contributed by atoms with Gasteiger partial charge in [-0.25, -0.2) is 13.1 Å². The predicted octanol–water partition coefficient (Wildman–Crippen LogP) is 3.49. The van der Waals surface area contributed by atoms with Crippen LogP contribution in [0.25, 0.3) is 0 Å². The summed E-state index contributed by atoms with van der Waals surface area (Å²) in [4.78, 5) is 0.189. The third-order valence-electron chi connectivity index (χ3n) is 4.91. The molecule has 24 heavy (non-hydrogen) atoms. The van der Waals surface area contributed by atoms with E-state index < -0.39 is 10.0 Å². The SMILES string of the molecule is COc1ccccc1S(=O)(=O)NCC1(c2ccccc2)CCCC1. The standard InChI is InChI=1S/C19H23NO3S/c1-23-17-11-5-6-12-18(17)24(21,22)20-15-19(13-7-8-14-19)16-9-3-2-4-10-16/h2-6,9-12,20H,7-8,13-15H2,1H3. The van der Waals surface area contributed by atoms with E-state index in [0.29, 0.717) is 12.3 Å². The van der Waals surface area contributed by atoms with Gasteiger partial charge in [0.2, 0.25) is 10.0 Å². The Morgan fingerprint density at radius 1 is 1.00 bits per heavy atom. The Balaban J connectivity index is 1.85. The van der Waals surface area contributed by atoms with E-state index in [1.54, 1.807) is 24.3 Å². The minimum Gasteiger partial charge on any atom is -0.495 e. The third-order valence-corrected chi connectivity index (χ3v) is 6.35. The molecule has 1 fully saturated rings. The Labute approximate surface area is 143 Å². The van der Waals surface area contributed by atoms with Crippen LogP contribution in [0.3, 0.4) is 0 Å². The second-order valence-corrected chi connectivity index (χ2v) is 8.06. The number of hydrogen-bond acceptors (Lipinski definition) is 3. The molecule has 5 heteroatoms. The smallest absolute Gasteiger partial charge is 0.244 e. The fourth-order valence-electron chi connectivity index (χ4n) is 3.56. The zero-order valence-corrected chi connectivity index (χ0v) is 14.7. The van der Waals surface area contributed by atoms with Crippen molar-refractivity contribution in [1.82, 2.24) is 4.72 Å². The summed E-state index contributed by atoms with van der Waals surface area (Å²) < 4.78 is 33.5. The molecular weight excluding hydrogens is 322 g/mol. The fourth-order valence-corrected chi connectivity index (χ4v) is 4.86. The molecule has 0 heterocycles. The minimum atomic E-state index is -3.61. The molecule has 3 rings (SSSR count). The van der Waals surface area contributed by atoms with Crippen molar-refractivity contribution < 1.29 is 13.2 Å². The quantitative estimate of drug-likeness (QED) is 0.872. The Morgan fingerprint density at radius 2 is 1.62 bits per heavy atom. The van der Waals surface area contributed by atoms with Crippen molar-refractivity contribution in [3.8, 4) is 5.75 Å². The number of methoxy groups -OCH3 is 1. The number of hydrogen-bond donors (Lipinski definition) is 1. The Morgan fingerprint density at radius 3 is 2.29 bits per heavy atom. The van der Waals surface area contributed by atoms with Gasteiger partial charge in [0.25, 0.3) is 0 Å². The molecule has 0 bridgehead atoms. The van der Waals surface area contributed by atoms with Crippen molar-refractivity contribution in [3.63, 3.8) is 0 Å². The van der Waals surface area contributed by atoms with Crippen LogP contribution in [0, 0.1) is 0 Å². The largest absolute Gasteiger partial charge is 0.495 e. The summed E-state index contributed by atoms with van der Waals surface area (Å²) in [5, 5.41) is 0. The maximum Gasteiger partial charge on any atom is 0.244 e. The molecule has 4 nitrogen and oxygen atoms in total. The van der Waals surface area contributed by atoms with Gasteiger partial charge in [-0.15, -0.1) is 0 Å². The lowest BCUT2D eigenvalue weighted by Crippen LogP contribution is -2.39. The Bertz CT molecular complexity index is 781. The van der Waals surface area contributed by atoms with Crippen molar-refractivity contribution in [2.45, 2.75) is 36.0 Å². The van der Waals surface area contributed by atoms with Crippen LogP contribution in [-0.4, -0.2) is 22.1 Å². The van der Waals surface area contributed by atoms with E-state index in [0.717, 1.165) is 25.7 Å². The van der Waals surface area contributed by atoms with Gasteiger partial charge < -0.3 is 4.74 Å². The lowest BCUT2D eigenvalue weighted by atomic mass is 9.79. The molecule has 1 aliphatic rings. The van der Waals surface area contributed by atoms with Gasteiger partial charge in [0.05, 0.1) is 7.11 Å². The molecule has 0 radical (unpaired) electrons. The summed E-state index contributed by atoms with van der Waals surface area (Å²) in [6.45, 7) is 0.414. The molecule has 2 aromatic carbocycles. The van der Waals surface area contributed by atoms with Crippen molar-refractivity contribution in [3.05, 3.63) is 60.2 Å². The van der Waals surface area contributed by atoms with Crippen LogP contribution in [0.15, 0.2) is 59.5 Å². The van der Waals surface area contributed by atoms with Gasteiger partial charge in [0.15, 0.2) is 0 Å². The van der Waals surface area contributed by atoms with Gasteiger partial charge in [-0.1, -0.05) is 55.3 Å². The molecule has 0 saturated heterocycles. The maximum atomic E-state index is 12.8. The van der Waals surface area contributed by atoms with Crippen LogP contribution in [0.5, 0.6) is 5.75 Å². The van der Waals surface area contributed by atoms with E-state index in [1.807, 2.05) is 18.2 Å². The highest BCUT2D eigenvalue weighted by Gasteiger charge is 2.36. The highest BCUT2D eigenvalue weighted by molar-refractivity contribution is 7.89. The average Bonchev–Trinajstić information content (AvgIpc) is 3.11. The Hall–Kier alpha value is -1.85. The van der Waals surface area contributed by atoms with Crippen molar-refractivity contribution in [1.29, 1.82) is 0 Å². The summed E-state index contributed by atoms with van der Waals surface area (Å²) in [5.74, 6) is 0.366. The van der Waals surface area contributed by atoms with Crippen molar-refractivity contribution in [2.24, 2.45) is 0 Å². The summed E-state index contributed by atoms with van der Waals surface area (Å²) in [6.07, 6.45) is 4.27. The Kier molecular flexibility index (Phi) is 4.92. The van der Waals surface area contributed by atoms with Crippen LogP contribution in [0.4, 0.5) is 0 Å². The monoisotopic (exact) mass is 345 g/mol. The molecule has 0 aliphatic heterocycles. The normalized spacial score (nSPS) is 16.9. The lowest BCUT2D eigenvalue weighted by molar-refractivity contribution is 0.400. The number of sulfonamides is 1. The first-order valence-corrected chi connectivity index (χ1v) is 9.74. The van der Waals surface area contributed by atoms with Gasteiger partial charge in [0.1, 0.15) is 10.6 Å². The van der Waals surface area contributed by atoms with Crippen molar-refractivity contribution in [2.75, 3.05) is 13.7 Å². The molecule has 1 N–H and O–H groups in total. The molecule has 1 aliphatic carbocycles. The van der Waals surface area contributed by atoms with Gasteiger partial charge in [-0.2, -0.15) is 0 Å². The molecule has 128 valence electrons.